The fourth-order valence-electron chi connectivity index (χ4n) is 2.56. The molecule has 0 radical (unpaired) electrons. The predicted molar refractivity (Wildman–Crippen MR) is 69.7 cm³/mol. The minimum absolute atomic E-state index is 0.273. The highest BCUT2D eigenvalue weighted by atomic mass is 16.2. The Morgan fingerprint density at radius 2 is 2.00 bits per heavy atom. The molecule has 0 bridgehead atoms. The van der Waals surface area contributed by atoms with Crippen LogP contribution in [0.1, 0.15) is 32.3 Å². The molecule has 2 atom stereocenters. The van der Waals surface area contributed by atoms with Gasteiger partial charge in [-0.1, -0.05) is 37.3 Å². The van der Waals surface area contributed by atoms with Crippen LogP contribution in [0.2, 0.25) is 0 Å². The summed E-state index contributed by atoms with van der Waals surface area (Å²) in [6.45, 7) is 5.34. The van der Waals surface area contributed by atoms with E-state index in [2.05, 4.69) is 18.7 Å². The molecule has 1 aliphatic heterocycles. The molecule has 0 spiro atoms. The molecule has 0 N–H and O–H groups in total. The van der Waals surface area contributed by atoms with Crippen LogP contribution in [0, 0.1) is 5.92 Å². The quantitative estimate of drug-likeness (QED) is 0.766. The van der Waals surface area contributed by atoms with E-state index in [-0.39, 0.29) is 5.91 Å². The van der Waals surface area contributed by atoms with Crippen LogP contribution >= 0.6 is 0 Å². The van der Waals surface area contributed by atoms with Gasteiger partial charge in [0.25, 0.3) is 0 Å². The van der Waals surface area contributed by atoms with E-state index in [1.54, 1.807) is 0 Å². The van der Waals surface area contributed by atoms with Gasteiger partial charge in [0.15, 0.2) is 0 Å². The average molecular weight is 231 g/mol. The molecule has 1 heterocycles. The summed E-state index contributed by atoms with van der Waals surface area (Å²) in [5, 5.41) is 0. The van der Waals surface area contributed by atoms with E-state index in [1.165, 1.54) is 6.42 Å². The normalized spacial score (nSPS) is 24.7. The van der Waals surface area contributed by atoms with Gasteiger partial charge in [0.2, 0.25) is 5.91 Å². The minimum Gasteiger partial charge on any atom is -0.339 e. The second kappa shape index (κ2) is 5.35. The Labute approximate surface area is 104 Å². The van der Waals surface area contributed by atoms with Crippen molar-refractivity contribution in [1.29, 1.82) is 0 Å². The van der Waals surface area contributed by atoms with Crippen LogP contribution < -0.4 is 0 Å². The van der Waals surface area contributed by atoms with Crippen LogP contribution in [0.15, 0.2) is 30.3 Å². The first-order chi connectivity index (χ1) is 8.18. The Morgan fingerprint density at radius 1 is 1.29 bits per heavy atom. The molecule has 1 saturated heterocycles. The van der Waals surface area contributed by atoms with Crippen molar-refractivity contribution in [1.82, 2.24) is 4.90 Å². The number of piperidine rings is 1. The van der Waals surface area contributed by atoms with Crippen molar-refractivity contribution < 1.29 is 4.79 Å². The molecule has 2 rings (SSSR count). The summed E-state index contributed by atoms with van der Waals surface area (Å²) >= 11 is 0. The van der Waals surface area contributed by atoms with Gasteiger partial charge in [0.05, 0.1) is 6.42 Å². The molecule has 2 nitrogen and oxygen atoms in total. The highest BCUT2D eigenvalue weighted by Gasteiger charge is 2.27. The van der Waals surface area contributed by atoms with Gasteiger partial charge in [0, 0.05) is 12.6 Å². The highest BCUT2D eigenvalue weighted by molar-refractivity contribution is 5.79. The first-order valence-electron chi connectivity index (χ1n) is 6.52. The third kappa shape index (κ3) is 2.87. The van der Waals surface area contributed by atoms with Gasteiger partial charge in [-0.25, -0.2) is 0 Å². The van der Waals surface area contributed by atoms with Crippen molar-refractivity contribution in [3.63, 3.8) is 0 Å². The molecule has 92 valence electrons. The van der Waals surface area contributed by atoms with Gasteiger partial charge in [-0.15, -0.1) is 0 Å². The topological polar surface area (TPSA) is 20.3 Å². The van der Waals surface area contributed by atoms with E-state index in [9.17, 15) is 4.79 Å². The van der Waals surface area contributed by atoms with Crippen molar-refractivity contribution in [2.75, 3.05) is 6.54 Å². The van der Waals surface area contributed by atoms with Crippen LogP contribution in [0.4, 0.5) is 0 Å². The Kier molecular flexibility index (Phi) is 3.82. The number of nitrogens with zero attached hydrogens (tertiary/aromatic N) is 1. The summed E-state index contributed by atoms with van der Waals surface area (Å²) < 4.78 is 0. The zero-order valence-corrected chi connectivity index (χ0v) is 10.7. The molecule has 0 aromatic heterocycles. The van der Waals surface area contributed by atoms with Crippen LogP contribution in [-0.4, -0.2) is 23.4 Å². The zero-order valence-electron chi connectivity index (χ0n) is 10.7. The molecule has 17 heavy (non-hydrogen) atoms. The molecule has 1 fully saturated rings. The maximum atomic E-state index is 12.2. The second-order valence-electron chi connectivity index (χ2n) is 5.11. The number of carbonyl (C=O) groups excluding carboxylic acids is 1. The number of hydrogen-bond acceptors (Lipinski definition) is 1. The number of carbonyl (C=O) groups is 1. The number of rotatable bonds is 2. The standard InChI is InChI=1S/C15H21NO/c1-12-7-6-10-16(13(12)2)15(17)11-14-8-4-3-5-9-14/h3-5,8-9,12-13H,6-7,10-11H2,1-2H3/t12-,13-/m1/s1. The fourth-order valence-corrected chi connectivity index (χ4v) is 2.56. The highest BCUT2D eigenvalue weighted by Crippen LogP contribution is 2.23. The van der Waals surface area contributed by atoms with Gasteiger partial charge < -0.3 is 4.90 Å². The number of hydrogen-bond donors (Lipinski definition) is 0. The number of likely N-dealkylation sites (tertiary alicyclic amines) is 1. The van der Waals surface area contributed by atoms with Gasteiger partial charge in [-0.3, -0.25) is 4.79 Å². The summed E-state index contributed by atoms with van der Waals surface area (Å²) in [7, 11) is 0. The van der Waals surface area contributed by atoms with E-state index in [4.69, 9.17) is 0 Å². The number of benzene rings is 1. The second-order valence-corrected chi connectivity index (χ2v) is 5.11. The van der Waals surface area contributed by atoms with Crippen LogP contribution in [0.25, 0.3) is 0 Å². The third-order valence-electron chi connectivity index (χ3n) is 3.89. The van der Waals surface area contributed by atoms with Crippen molar-refractivity contribution in [2.24, 2.45) is 5.92 Å². The summed E-state index contributed by atoms with van der Waals surface area (Å²) in [5.74, 6) is 0.902. The van der Waals surface area contributed by atoms with Gasteiger partial charge in [-0.2, -0.15) is 0 Å². The fraction of sp³-hybridized carbons (Fsp3) is 0.533. The lowest BCUT2D eigenvalue weighted by Crippen LogP contribution is -2.46. The number of amides is 1. The molecule has 0 aliphatic carbocycles. The maximum absolute atomic E-state index is 12.2. The third-order valence-corrected chi connectivity index (χ3v) is 3.89. The van der Waals surface area contributed by atoms with E-state index < -0.39 is 0 Å². The van der Waals surface area contributed by atoms with Gasteiger partial charge >= 0.3 is 0 Å². The Hall–Kier alpha value is -1.31. The van der Waals surface area contributed by atoms with E-state index in [0.29, 0.717) is 18.4 Å². The predicted octanol–water partition coefficient (Wildman–Crippen LogP) is 2.88. The van der Waals surface area contributed by atoms with Crippen molar-refractivity contribution in [2.45, 2.75) is 39.2 Å². The van der Waals surface area contributed by atoms with Crippen LogP contribution in [0.3, 0.4) is 0 Å². The summed E-state index contributed by atoms with van der Waals surface area (Å²) in [6.07, 6.45) is 2.93. The Morgan fingerprint density at radius 3 is 2.71 bits per heavy atom. The molecule has 0 saturated carbocycles. The molecule has 2 heteroatoms. The van der Waals surface area contributed by atoms with E-state index in [0.717, 1.165) is 18.5 Å². The van der Waals surface area contributed by atoms with Crippen molar-refractivity contribution in [3.05, 3.63) is 35.9 Å². The lowest BCUT2D eigenvalue weighted by molar-refractivity contribution is -0.135. The Balaban J connectivity index is 2.00. The van der Waals surface area contributed by atoms with Gasteiger partial charge in [0.1, 0.15) is 0 Å². The molecule has 1 amide bonds. The van der Waals surface area contributed by atoms with E-state index >= 15 is 0 Å². The van der Waals surface area contributed by atoms with Gasteiger partial charge in [-0.05, 0) is 31.2 Å². The summed E-state index contributed by atoms with van der Waals surface area (Å²) in [6, 6.07) is 10.4. The van der Waals surface area contributed by atoms with Crippen LogP contribution in [0.5, 0.6) is 0 Å². The molecule has 1 aliphatic rings. The monoisotopic (exact) mass is 231 g/mol. The van der Waals surface area contributed by atoms with Crippen LogP contribution in [-0.2, 0) is 11.2 Å². The lowest BCUT2D eigenvalue weighted by atomic mass is 9.91. The van der Waals surface area contributed by atoms with Crippen molar-refractivity contribution >= 4 is 5.91 Å². The smallest absolute Gasteiger partial charge is 0.227 e. The molecule has 1 aromatic carbocycles. The molecule has 1 aromatic rings. The molecule has 0 unspecified atom stereocenters. The molecular formula is C15H21NO. The first kappa shape index (κ1) is 12.2. The minimum atomic E-state index is 0.273. The Bertz CT molecular complexity index is 374. The summed E-state index contributed by atoms with van der Waals surface area (Å²) in [5.41, 5.74) is 1.11. The van der Waals surface area contributed by atoms with E-state index in [1.807, 2.05) is 30.3 Å². The first-order valence-corrected chi connectivity index (χ1v) is 6.52. The maximum Gasteiger partial charge on any atom is 0.227 e. The lowest BCUT2D eigenvalue weighted by Gasteiger charge is -2.38. The summed E-state index contributed by atoms with van der Waals surface area (Å²) in [4.78, 5) is 14.3. The van der Waals surface area contributed by atoms with Crippen molar-refractivity contribution in [3.8, 4) is 0 Å². The zero-order chi connectivity index (χ0) is 12.3. The SMILES string of the molecule is C[C@@H]1CCCN(C(=O)Cc2ccccc2)[C@@H]1C. The largest absolute Gasteiger partial charge is 0.339 e. The average Bonchev–Trinajstić information content (AvgIpc) is 2.34. The molecular weight excluding hydrogens is 210 g/mol.